The molecule has 2 aromatic carbocycles. The second-order valence-electron chi connectivity index (χ2n) is 4.62. The maximum atomic E-state index is 12.3. The molecule has 4 N–H and O–H groups in total. The summed E-state index contributed by atoms with van der Waals surface area (Å²) in [5.74, 6) is 2.95. The van der Waals surface area contributed by atoms with Gasteiger partial charge in [-0.1, -0.05) is 12.1 Å². The Morgan fingerprint density at radius 1 is 1.14 bits per heavy atom. The van der Waals surface area contributed by atoms with Crippen LogP contribution < -0.4 is 11.3 Å². The highest BCUT2D eigenvalue weighted by atomic mass is 16.4. The van der Waals surface area contributed by atoms with Gasteiger partial charge in [-0.15, -0.1) is 0 Å². The summed E-state index contributed by atoms with van der Waals surface area (Å²) in [7, 11) is 0. The van der Waals surface area contributed by atoms with Crippen molar-refractivity contribution in [3.8, 4) is 0 Å². The number of carboxylic acids is 1. The molecular weight excluding hydrogens is 274 g/mol. The number of hydrogen-bond donors (Lipinski definition) is 3. The second-order valence-corrected chi connectivity index (χ2v) is 4.62. The fraction of sp³-hybridized carbons (Fsp3) is 0.0714. The Morgan fingerprint density at radius 3 is 2.43 bits per heavy atom. The topological polar surface area (TPSA) is 113 Å². The van der Waals surface area contributed by atoms with E-state index in [9.17, 15) is 14.4 Å². The molecule has 21 heavy (non-hydrogen) atoms. The number of benzene rings is 2. The molecule has 106 valence electrons. The predicted octanol–water partition coefficient (Wildman–Crippen LogP) is 0.806. The first-order chi connectivity index (χ1) is 10.0. The first-order valence-electron chi connectivity index (χ1n) is 6.15. The molecule has 0 aromatic heterocycles. The van der Waals surface area contributed by atoms with Crippen molar-refractivity contribution in [2.24, 2.45) is 5.84 Å². The van der Waals surface area contributed by atoms with Crippen molar-refractivity contribution in [1.82, 2.24) is 4.90 Å². The third-order valence-corrected chi connectivity index (χ3v) is 3.44. The molecule has 0 bridgehead atoms. The third-order valence-electron chi connectivity index (χ3n) is 3.44. The summed E-state index contributed by atoms with van der Waals surface area (Å²) in [5.41, 5.74) is 3.69. The largest absolute Gasteiger partial charge is 0.480 e. The minimum Gasteiger partial charge on any atom is -0.480 e. The molecule has 7 heteroatoms. The Morgan fingerprint density at radius 2 is 1.81 bits per heavy atom. The number of anilines is 1. The quantitative estimate of drug-likeness (QED) is 0.437. The van der Waals surface area contributed by atoms with E-state index in [0.29, 0.717) is 27.6 Å². The van der Waals surface area contributed by atoms with Gasteiger partial charge in [-0.3, -0.25) is 25.1 Å². The van der Waals surface area contributed by atoms with Gasteiger partial charge in [0, 0.05) is 21.9 Å². The molecule has 3 rings (SSSR count). The zero-order chi connectivity index (χ0) is 15.1. The number of carbonyl (C=O) groups is 3. The van der Waals surface area contributed by atoms with E-state index in [1.54, 1.807) is 24.3 Å². The van der Waals surface area contributed by atoms with Gasteiger partial charge in [-0.05, 0) is 18.2 Å². The van der Waals surface area contributed by atoms with Crippen LogP contribution in [0.3, 0.4) is 0 Å². The lowest BCUT2D eigenvalue weighted by atomic mass is 9.93. The standard InChI is InChI=1S/C14H11N3O4/c15-16-10-5-4-9-12-7(10)2-1-3-8(12)13(20)17(14(9)21)6-11(18)19/h1-5,16H,6,15H2,(H,18,19). The molecule has 1 aliphatic heterocycles. The maximum absolute atomic E-state index is 12.3. The molecule has 0 saturated carbocycles. The number of hydrazine groups is 1. The van der Waals surface area contributed by atoms with Crippen LogP contribution in [0, 0.1) is 0 Å². The molecule has 0 aliphatic carbocycles. The van der Waals surface area contributed by atoms with Crippen LogP contribution >= 0.6 is 0 Å². The van der Waals surface area contributed by atoms with E-state index in [2.05, 4.69) is 5.43 Å². The molecule has 1 aliphatic rings. The highest BCUT2D eigenvalue weighted by Crippen LogP contribution is 2.33. The van der Waals surface area contributed by atoms with Crippen LogP contribution in [0.2, 0.25) is 0 Å². The van der Waals surface area contributed by atoms with E-state index in [1.807, 2.05) is 0 Å². The number of nitrogen functional groups attached to an aromatic ring is 1. The van der Waals surface area contributed by atoms with Crippen LogP contribution in [0.15, 0.2) is 30.3 Å². The summed E-state index contributed by atoms with van der Waals surface area (Å²) in [6, 6.07) is 8.12. The van der Waals surface area contributed by atoms with E-state index >= 15 is 0 Å². The van der Waals surface area contributed by atoms with Gasteiger partial charge in [0.1, 0.15) is 6.54 Å². The van der Waals surface area contributed by atoms with E-state index in [-0.39, 0.29) is 0 Å². The first-order valence-corrected chi connectivity index (χ1v) is 6.15. The van der Waals surface area contributed by atoms with Gasteiger partial charge < -0.3 is 10.5 Å². The number of imide groups is 1. The Kier molecular flexibility index (Phi) is 2.84. The summed E-state index contributed by atoms with van der Waals surface area (Å²) >= 11 is 0. The summed E-state index contributed by atoms with van der Waals surface area (Å²) in [6.45, 7) is -0.662. The lowest BCUT2D eigenvalue weighted by molar-refractivity contribution is -0.137. The van der Waals surface area contributed by atoms with Crippen molar-refractivity contribution in [2.75, 3.05) is 12.0 Å². The summed E-state index contributed by atoms with van der Waals surface area (Å²) < 4.78 is 0. The average Bonchev–Trinajstić information content (AvgIpc) is 2.48. The van der Waals surface area contributed by atoms with E-state index < -0.39 is 24.3 Å². The van der Waals surface area contributed by atoms with Crippen LogP contribution in [0.5, 0.6) is 0 Å². The Bertz CT molecular complexity index is 778. The Labute approximate surface area is 118 Å². The second kappa shape index (κ2) is 4.57. The number of nitrogens with zero attached hydrogens (tertiary/aromatic N) is 1. The van der Waals surface area contributed by atoms with Crippen molar-refractivity contribution in [2.45, 2.75) is 0 Å². The van der Waals surface area contributed by atoms with Gasteiger partial charge in [0.15, 0.2) is 0 Å². The van der Waals surface area contributed by atoms with E-state index in [1.165, 1.54) is 6.07 Å². The molecule has 0 spiro atoms. The van der Waals surface area contributed by atoms with E-state index in [4.69, 9.17) is 10.9 Å². The Balaban J connectivity index is 2.30. The lowest BCUT2D eigenvalue weighted by Crippen LogP contribution is -2.43. The van der Waals surface area contributed by atoms with Crippen molar-refractivity contribution < 1.29 is 19.5 Å². The van der Waals surface area contributed by atoms with Gasteiger partial charge in [0.25, 0.3) is 11.8 Å². The number of nitrogens with one attached hydrogen (secondary N) is 1. The Hall–Kier alpha value is -2.93. The predicted molar refractivity (Wildman–Crippen MR) is 74.8 cm³/mol. The zero-order valence-electron chi connectivity index (χ0n) is 10.8. The molecular formula is C14H11N3O4. The summed E-state index contributed by atoms with van der Waals surface area (Å²) in [6.07, 6.45) is 0. The minimum atomic E-state index is -1.24. The molecule has 0 fully saturated rings. The number of amides is 2. The van der Waals surface area contributed by atoms with Crippen LogP contribution in [0.1, 0.15) is 20.7 Å². The number of hydrogen-bond acceptors (Lipinski definition) is 5. The maximum Gasteiger partial charge on any atom is 0.323 e. The molecule has 0 atom stereocenters. The molecule has 2 amide bonds. The van der Waals surface area contributed by atoms with Crippen molar-refractivity contribution in [3.63, 3.8) is 0 Å². The number of carbonyl (C=O) groups excluding carboxylic acids is 2. The number of nitrogens with two attached hydrogens (primary N) is 1. The number of aliphatic carboxylic acids is 1. The van der Waals surface area contributed by atoms with E-state index in [0.717, 1.165) is 4.90 Å². The monoisotopic (exact) mass is 285 g/mol. The van der Waals surface area contributed by atoms with Gasteiger partial charge in [-0.25, -0.2) is 0 Å². The molecule has 2 aromatic rings. The normalized spacial score (nSPS) is 13.7. The van der Waals surface area contributed by atoms with Crippen molar-refractivity contribution in [1.29, 1.82) is 0 Å². The van der Waals surface area contributed by atoms with Crippen LogP contribution in [-0.2, 0) is 4.79 Å². The SMILES string of the molecule is NNc1ccc2c3c(cccc13)C(=O)N(CC(=O)O)C2=O. The number of carboxylic acid groups (broad SMARTS) is 1. The zero-order valence-corrected chi connectivity index (χ0v) is 10.8. The summed E-state index contributed by atoms with van der Waals surface area (Å²) in [5, 5.41) is 9.99. The fourth-order valence-corrected chi connectivity index (χ4v) is 2.55. The van der Waals surface area contributed by atoms with Gasteiger partial charge in [-0.2, -0.15) is 0 Å². The molecule has 0 saturated heterocycles. The number of rotatable bonds is 3. The first kappa shape index (κ1) is 13.1. The molecule has 0 unspecified atom stereocenters. The summed E-state index contributed by atoms with van der Waals surface area (Å²) in [4.78, 5) is 36.2. The van der Waals surface area contributed by atoms with Gasteiger partial charge >= 0.3 is 5.97 Å². The van der Waals surface area contributed by atoms with Crippen molar-refractivity contribution >= 4 is 34.2 Å². The molecule has 1 heterocycles. The van der Waals surface area contributed by atoms with Crippen LogP contribution in [-0.4, -0.2) is 34.3 Å². The van der Waals surface area contributed by atoms with Crippen LogP contribution in [0.25, 0.3) is 10.8 Å². The lowest BCUT2D eigenvalue weighted by Gasteiger charge is -2.26. The fourth-order valence-electron chi connectivity index (χ4n) is 2.55. The highest BCUT2D eigenvalue weighted by molar-refractivity contribution is 6.27. The van der Waals surface area contributed by atoms with Crippen LogP contribution in [0.4, 0.5) is 5.69 Å². The molecule has 7 nitrogen and oxygen atoms in total. The smallest absolute Gasteiger partial charge is 0.323 e. The average molecular weight is 285 g/mol. The highest BCUT2D eigenvalue weighted by Gasteiger charge is 2.34. The van der Waals surface area contributed by atoms with Gasteiger partial charge in [0.2, 0.25) is 0 Å². The van der Waals surface area contributed by atoms with Gasteiger partial charge in [0.05, 0.1) is 5.69 Å². The minimum absolute atomic E-state index is 0.292. The van der Waals surface area contributed by atoms with Crippen molar-refractivity contribution in [3.05, 3.63) is 41.5 Å². The third kappa shape index (κ3) is 1.83. The molecule has 0 radical (unpaired) electrons.